The molecular weight excluding hydrogens is 471 g/mol. The summed E-state index contributed by atoms with van der Waals surface area (Å²) < 4.78 is 69.6. The van der Waals surface area contributed by atoms with Crippen LogP contribution in [0.1, 0.15) is 91.1 Å². The Bertz CT molecular complexity index is 1250. The first-order valence-electron chi connectivity index (χ1n) is 12.4. The van der Waals surface area contributed by atoms with Gasteiger partial charge in [-0.05, 0) is 94.7 Å². The lowest BCUT2D eigenvalue weighted by molar-refractivity contribution is -0.137. The van der Waals surface area contributed by atoms with Crippen molar-refractivity contribution >= 4 is 0 Å². The minimum absolute atomic E-state index is 0.0603. The van der Waals surface area contributed by atoms with Gasteiger partial charge in [0, 0.05) is 5.56 Å². The molecule has 3 aromatic carbocycles. The molecule has 0 aromatic heterocycles. The zero-order valence-electron chi connectivity index (χ0n) is 20.3. The van der Waals surface area contributed by atoms with Crippen molar-refractivity contribution in [2.24, 2.45) is 5.41 Å². The van der Waals surface area contributed by atoms with Crippen molar-refractivity contribution in [1.82, 2.24) is 0 Å². The second-order valence-electron chi connectivity index (χ2n) is 10.7. The minimum atomic E-state index is -4.51. The predicted octanol–water partition coefficient (Wildman–Crippen LogP) is 8.84. The van der Waals surface area contributed by atoms with Crippen LogP contribution in [0, 0.1) is 11.2 Å². The van der Waals surface area contributed by atoms with Crippen LogP contribution >= 0.6 is 0 Å². The van der Waals surface area contributed by atoms with Crippen molar-refractivity contribution in [3.05, 3.63) is 93.8 Å². The van der Waals surface area contributed by atoms with Gasteiger partial charge in [0.05, 0.1) is 11.7 Å². The van der Waals surface area contributed by atoms with Crippen molar-refractivity contribution in [2.45, 2.75) is 70.3 Å². The molecule has 0 aliphatic heterocycles. The maximum atomic E-state index is 16.4. The van der Waals surface area contributed by atoms with Crippen molar-refractivity contribution in [3.8, 4) is 11.1 Å². The van der Waals surface area contributed by atoms with Crippen LogP contribution in [0.25, 0.3) is 11.1 Å². The van der Waals surface area contributed by atoms with E-state index in [1.807, 2.05) is 19.9 Å². The summed E-state index contributed by atoms with van der Waals surface area (Å²) >= 11 is 0. The molecular formula is C30H29F5O. The monoisotopic (exact) mass is 500 g/mol. The Morgan fingerprint density at radius 2 is 1.61 bits per heavy atom. The largest absolute Gasteiger partial charge is 0.416 e. The number of aliphatic hydroxyl groups is 1. The highest BCUT2D eigenvalue weighted by molar-refractivity contribution is 5.76. The van der Waals surface area contributed by atoms with E-state index in [9.17, 15) is 22.7 Å². The Labute approximate surface area is 208 Å². The number of benzene rings is 3. The van der Waals surface area contributed by atoms with Crippen molar-refractivity contribution in [3.63, 3.8) is 0 Å². The molecule has 1 spiro atoms. The Morgan fingerprint density at radius 3 is 2.14 bits per heavy atom. The third kappa shape index (κ3) is 4.34. The summed E-state index contributed by atoms with van der Waals surface area (Å²) in [5.41, 5.74) is 3.18. The van der Waals surface area contributed by atoms with E-state index < -0.39 is 29.8 Å². The van der Waals surface area contributed by atoms with Gasteiger partial charge in [-0.15, -0.1) is 0 Å². The summed E-state index contributed by atoms with van der Waals surface area (Å²) in [5, 5.41) is 11.4. The second-order valence-corrected chi connectivity index (χ2v) is 10.7. The molecule has 36 heavy (non-hydrogen) atoms. The van der Waals surface area contributed by atoms with Gasteiger partial charge < -0.3 is 5.11 Å². The molecule has 0 saturated heterocycles. The highest BCUT2D eigenvalue weighted by Gasteiger charge is 2.45. The average Bonchev–Trinajstić information content (AvgIpc) is 2.81. The molecule has 0 bridgehead atoms. The normalized spacial score (nSPS) is 19.8. The molecule has 0 radical (unpaired) electrons. The molecule has 1 N–H and O–H groups in total. The van der Waals surface area contributed by atoms with Gasteiger partial charge in [0.25, 0.3) is 0 Å². The first-order valence-corrected chi connectivity index (χ1v) is 12.4. The second kappa shape index (κ2) is 8.98. The van der Waals surface area contributed by atoms with Crippen LogP contribution in [-0.4, -0.2) is 5.11 Å². The van der Waals surface area contributed by atoms with E-state index in [-0.39, 0.29) is 16.9 Å². The van der Waals surface area contributed by atoms with Gasteiger partial charge in [-0.3, -0.25) is 0 Å². The van der Waals surface area contributed by atoms with Crippen LogP contribution in [0.15, 0.2) is 54.6 Å². The van der Waals surface area contributed by atoms with E-state index >= 15 is 4.39 Å². The van der Waals surface area contributed by atoms with Crippen LogP contribution in [0.4, 0.5) is 22.0 Å². The van der Waals surface area contributed by atoms with Crippen LogP contribution < -0.4 is 0 Å². The molecule has 1 fully saturated rings. The number of rotatable bonds is 4. The Balaban J connectivity index is 1.74. The van der Waals surface area contributed by atoms with E-state index in [4.69, 9.17) is 0 Å². The predicted molar refractivity (Wildman–Crippen MR) is 130 cm³/mol. The number of hydrogen-bond acceptors (Lipinski definition) is 1. The molecule has 0 amide bonds. The molecule has 5 rings (SSSR count). The number of alkyl halides is 4. The van der Waals surface area contributed by atoms with Gasteiger partial charge in [0.1, 0.15) is 5.82 Å². The lowest BCUT2D eigenvalue weighted by Gasteiger charge is -2.48. The van der Waals surface area contributed by atoms with Crippen molar-refractivity contribution in [2.75, 3.05) is 0 Å². The SMILES string of the molecule is CC(C)c1cc2c(c(-c3ccc(F)cc3)c1[C@@H](F)c1ccc(C(F)(F)F)cc1)C(O)CC1(CCC1)C2. The van der Waals surface area contributed by atoms with Crippen LogP contribution in [-0.2, 0) is 12.6 Å². The van der Waals surface area contributed by atoms with Crippen LogP contribution in [0.5, 0.6) is 0 Å². The third-order valence-corrected chi connectivity index (χ3v) is 8.00. The van der Waals surface area contributed by atoms with Gasteiger partial charge in [-0.1, -0.05) is 50.6 Å². The molecule has 2 aliphatic carbocycles. The highest BCUT2D eigenvalue weighted by atomic mass is 19.4. The average molecular weight is 501 g/mol. The molecule has 6 heteroatoms. The fourth-order valence-corrected chi connectivity index (χ4v) is 6.05. The van der Waals surface area contributed by atoms with E-state index in [0.717, 1.165) is 48.9 Å². The van der Waals surface area contributed by atoms with Gasteiger partial charge in [0.2, 0.25) is 0 Å². The van der Waals surface area contributed by atoms with Gasteiger partial charge >= 0.3 is 6.18 Å². The first kappa shape index (κ1) is 24.9. The van der Waals surface area contributed by atoms with E-state index in [1.165, 1.54) is 24.3 Å². The van der Waals surface area contributed by atoms with Crippen molar-refractivity contribution < 1.29 is 27.1 Å². The van der Waals surface area contributed by atoms with Gasteiger partial charge in [-0.25, -0.2) is 8.78 Å². The molecule has 1 unspecified atom stereocenters. The number of aliphatic hydroxyl groups excluding tert-OH is 1. The Kier molecular flexibility index (Phi) is 6.22. The summed E-state index contributed by atoms with van der Waals surface area (Å²) in [6.07, 6.45) is -2.42. The molecule has 2 atom stereocenters. The number of fused-ring (bicyclic) bond motifs is 1. The molecule has 0 heterocycles. The van der Waals surface area contributed by atoms with Gasteiger partial charge in [0.15, 0.2) is 6.17 Å². The third-order valence-electron chi connectivity index (χ3n) is 8.00. The summed E-state index contributed by atoms with van der Waals surface area (Å²) in [5.74, 6) is -0.503. The lowest BCUT2D eigenvalue weighted by Crippen LogP contribution is -2.37. The summed E-state index contributed by atoms with van der Waals surface area (Å²) in [6.45, 7) is 3.91. The quantitative estimate of drug-likeness (QED) is 0.355. The summed E-state index contributed by atoms with van der Waals surface area (Å²) in [4.78, 5) is 0. The smallest absolute Gasteiger partial charge is 0.388 e. The summed E-state index contributed by atoms with van der Waals surface area (Å²) in [7, 11) is 0. The fraction of sp³-hybridized carbons (Fsp3) is 0.400. The maximum Gasteiger partial charge on any atom is 0.416 e. The topological polar surface area (TPSA) is 20.2 Å². The van der Waals surface area contributed by atoms with E-state index in [2.05, 4.69) is 0 Å². The highest BCUT2D eigenvalue weighted by Crippen LogP contribution is 2.56. The molecule has 3 aromatic rings. The zero-order valence-corrected chi connectivity index (χ0v) is 20.3. The first-order chi connectivity index (χ1) is 17.0. The summed E-state index contributed by atoms with van der Waals surface area (Å²) in [6, 6.07) is 11.9. The van der Waals surface area contributed by atoms with Crippen molar-refractivity contribution in [1.29, 1.82) is 0 Å². The minimum Gasteiger partial charge on any atom is -0.388 e. The lowest BCUT2D eigenvalue weighted by atomic mass is 9.58. The van der Waals surface area contributed by atoms with Crippen LogP contribution in [0.2, 0.25) is 0 Å². The fourth-order valence-electron chi connectivity index (χ4n) is 6.05. The van der Waals surface area contributed by atoms with Crippen LogP contribution in [0.3, 0.4) is 0 Å². The zero-order chi connectivity index (χ0) is 25.8. The maximum absolute atomic E-state index is 16.4. The van der Waals surface area contributed by atoms with E-state index in [1.54, 1.807) is 12.1 Å². The Hall–Kier alpha value is -2.73. The number of halogens is 5. The number of hydrogen-bond donors (Lipinski definition) is 1. The standard InChI is InChI=1S/C30H29F5O/c1-17(2)23-14-20-15-29(12-3-13-29)16-24(36)25(20)26(18-6-10-22(31)11-7-18)27(23)28(32)19-4-8-21(9-5-19)30(33,34)35/h4-11,14,17,24,28,36H,3,12-13,15-16H2,1-2H3/t24?,28-/m0/s1. The Morgan fingerprint density at radius 1 is 0.972 bits per heavy atom. The van der Waals surface area contributed by atoms with E-state index in [0.29, 0.717) is 28.7 Å². The molecule has 190 valence electrons. The van der Waals surface area contributed by atoms with Gasteiger partial charge in [-0.2, -0.15) is 13.2 Å². The molecule has 2 aliphatic rings. The molecule has 1 nitrogen and oxygen atoms in total. The molecule has 1 saturated carbocycles.